The Hall–Kier alpha value is -1.78. The van der Waals surface area contributed by atoms with Crippen molar-refractivity contribution in [3.8, 4) is 0 Å². The van der Waals surface area contributed by atoms with Crippen LogP contribution in [-0.4, -0.2) is 18.4 Å². The molecule has 1 rings (SSSR count). The van der Waals surface area contributed by atoms with E-state index in [9.17, 15) is 18.4 Å². The van der Waals surface area contributed by atoms with Crippen molar-refractivity contribution >= 4 is 11.8 Å². The molecule has 0 saturated heterocycles. The van der Waals surface area contributed by atoms with Crippen LogP contribution in [0.4, 0.5) is 8.78 Å². The maximum Gasteiger partial charge on any atom is 0.379 e. The van der Waals surface area contributed by atoms with E-state index in [0.29, 0.717) is 0 Å². The second-order valence-corrected chi connectivity index (χ2v) is 3.52. The van der Waals surface area contributed by atoms with Gasteiger partial charge in [-0.3, -0.25) is 4.79 Å². The van der Waals surface area contributed by atoms with Crippen LogP contribution in [0, 0.1) is 0 Å². The standard InChI is InChI=1S/C12H12F2O3/c1-3-17-11(16)10(15)8-5-4-6-9(7-8)12(2,13)14/h4-7H,3H2,1-2H3. The van der Waals surface area contributed by atoms with Crippen molar-refractivity contribution in [2.24, 2.45) is 0 Å². The summed E-state index contributed by atoms with van der Waals surface area (Å²) in [6.07, 6.45) is 0. The van der Waals surface area contributed by atoms with E-state index in [1.807, 2.05) is 0 Å². The van der Waals surface area contributed by atoms with Gasteiger partial charge in [0.05, 0.1) is 6.61 Å². The molecule has 0 fully saturated rings. The van der Waals surface area contributed by atoms with Crippen molar-refractivity contribution in [2.45, 2.75) is 19.8 Å². The zero-order valence-electron chi connectivity index (χ0n) is 9.50. The molecule has 0 amide bonds. The fourth-order valence-electron chi connectivity index (χ4n) is 1.25. The first-order chi connectivity index (χ1) is 7.86. The summed E-state index contributed by atoms with van der Waals surface area (Å²) >= 11 is 0. The number of benzene rings is 1. The van der Waals surface area contributed by atoms with E-state index >= 15 is 0 Å². The Kier molecular flexibility index (Phi) is 3.93. The Morgan fingerprint density at radius 1 is 1.35 bits per heavy atom. The third-order valence-electron chi connectivity index (χ3n) is 2.09. The average Bonchev–Trinajstić information content (AvgIpc) is 2.27. The third-order valence-corrected chi connectivity index (χ3v) is 2.09. The van der Waals surface area contributed by atoms with E-state index in [-0.39, 0.29) is 17.7 Å². The van der Waals surface area contributed by atoms with Crippen molar-refractivity contribution in [3.63, 3.8) is 0 Å². The van der Waals surface area contributed by atoms with Gasteiger partial charge in [0.25, 0.3) is 11.7 Å². The van der Waals surface area contributed by atoms with Gasteiger partial charge in [0.15, 0.2) is 0 Å². The molecule has 1 aromatic rings. The molecule has 0 saturated carbocycles. The van der Waals surface area contributed by atoms with E-state index in [4.69, 9.17) is 0 Å². The van der Waals surface area contributed by atoms with Crippen molar-refractivity contribution in [1.29, 1.82) is 0 Å². The van der Waals surface area contributed by atoms with Crippen LogP contribution in [0.3, 0.4) is 0 Å². The van der Waals surface area contributed by atoms with Crippen molar-refractivity contribution in [1.82, 2.24) is 0 Å². The third kappa shape index (κ3) is 3.34. The zero-order chi connectivity index (χ0) is 13.1. The van der Waals surface area contributed by atoms with Gasteiger partial charge in [0, 0.05) is 18.1 Å². The minimum Gasteiger partial charge on any atom is -0.460 e. The highest BCUT2D eigenvalue weighted by Gasteiger charge is 2.26. The Morgan fingerprint density at radius 3 is 2.53 bits per heavy atom. The lowest BCUT2D eigenvalue weighted by Gasteiger charge is -2.11. The number of hydrogen-bond donors (Lipinski definition) is 0. The number of alkyl halides is 2. The number of ketones is 1. The van der Waals surface area contributed by atoms with Crippen LogP contribution in [-0.2, 0) is 15.5 Å². The lowest BCUT2D eigenvalue weighted by molar-refractivity contribution is -0.137. The van der Waals surface area contributed by atoms with E-state index in [2.05, 4.69) is 4.74 Å². The van der Waals surface area contributed by atoms with Crippen LogP contribution in [0.5, 0.6) is 0 Å². The molecule has 0 aliphatic carbocycles. The van der Waals surface area contributed by atoms with E-state index < -0.39 is 17.7 Å². The van der Waals surface area contributed by atoms with Gasteiger partial charge < -0.3 is 4.74 Å². The van der Waals surface area contributed by atoms with Gasteiger partial charge in [-0.2, -0.15) is 0 Å². The fourth-order valence-corrected chi connectivity index (χ4v) is 1.25. The van der Waals surface area contributed by atoms with Crippen LogP contribution in [0.25, 0.3) is 0 Å². The molecular formula is C12H12F2O3. The molecule has 1 aromatic carbocycles. The summed E-state index contributed by atoms with van der Waals surface area (Å²) in [6, 6.07) is 4.80. The summed E-state index contributed by atoms with van der Waals surface area (Å²) in [5.74, 6) is -5.01. The lowest BCUT2D eigenvalue weighted by Crippen LogP contribution is -2.18. The van der Waals surface area contributed by atoms with Gasteiger partial charge >= 0.3 is 5.97 Å². The SMILES string of the molecule is CCOC(=O)C(=O)c1cccc(C(C)(F)F)c1. The maximum atomic E-state index is 13.0. The van der Waals surface area contributed by atoms with Crippen LogP contribution in [0.15, 0.2) is 24.3 Å². The highest BCUT2D eigenvalue weighted by molar-refractivity contribution is 6.40. The molecule has 0 unspecified atom stereocenters. The molecule has 5 heteroatoms. The Labute approximate surface area is 97.4 Å². The van der Waals surface area contributed by atoms with Gasteiger partial charge in [-0.15, -0.1) is 0 Å². The molecule has 0 aliphatic heterocycles. The molecule has 0 N–H and O–H groups in total. The highest BCUT2D eigenvalue weighted by Crippen LogP contribution is 2.27. The monoisotopic (exact) mass is 242 g/mol. The Bertz CT molecular complexity index is 436. The number of hydrogen-bond acceptors (Lipinski definition) is 3. The van der Waals surface area contributed by atoms with Gasteiger partial charge in [-0.05, 0) is 13.0 Å². The lowest BCUT2D eigenvalue weighted by atomic mass is 10.0. The minimum atomic E-state index is -3.05. The second kappa shape index (κ2) is 5.03. The molecule has 0 aromatic heterocycles. The van der Waals surface area contributed by atoms with Gasteiger partial charge in [-0.25, -0.2) is 13.6 Å². The number of carbonyl (C=O) groups excluding carboxylic acids is 2. The van der Waals surface area contributed by atoms with Crippen LogP contribution in [0.1, 0.15) is 29.8 Å². The smallest absolute Gasteiger partial charge is 0.379 e. The Balaban J connectivity index is 3.00. The first-order valence-corrected chi connectivity index (χ1v) is 5.06. The van der Waals surface area contributed by atoms with Crippen molar-refractivity contribution < 1.29 is 23.1 Å². The zero-order valence-corrected chi connectivity index (χ0v) is 9.50. The van der Waals surface area contributed by atoms with Crippen LogP contribution in [0.2, 0.25) is 0 Å². The number of Topliss-reactive ketones (excluding diaryl/α,β-unsaturated/α-hetero) is 1. The summed E-state index contributed by atoms with van der Waals surface area (Å²) < 4.78 is 30.5. The minimum absolute atomic E-state index is 0.0637. The van der Waals surface area contributed by atoms with Gasteiger partial charge in [-0.1, -0.05) is 18.2 Å². The van der Waals surface area contributed by atoms with E-state index in [1.54, 1.807) is 6.92 Å². The molecule has 17 heavy (non-hydrogen) atoms. The highest BCUT2D eigenvalue weighted by atomic mass is 19.3. The normalized spacial score (nSPS) is 11.1. The topological polar surface area (TPSA) is 43.4 Å². The predicted molar refractivity (Wildman–Crippen MR) is 57.0 cm³/mol. The molecule has 0 atom stereocenters. The predicted octanol–water partition coefficient (Wildman–Crippen LogP) is 2.54. The summed E-state index contributed by atoms with van der Waals surface area (Å²) in [4.78, 5) is 22.6. The van der Waals surface area contributed by atoms with Gasteiger partial charge in [0.2, 0.25) is 0 Å². The molecule has 92 valence electrons. The second-order valence-electron chi connectivity index (χ2n) is 3.52. The van der Waals surface area contributed by atoms with E-state index in [0.717, 1.165) is 13.0 Å². The fraction of sp³-hybridized carbons (Fsp3) is 0.333. The molecular weight excluding hydrogens is 230 g/mol. The molecule has 3 nitrogen and oxygen atoms in total. The molecule has 0 radical (unpaired) electrons. The average molecular weight is 242 g/mol. The number of rotatable bonds is 4. The molecule has 0 bridgehead atoms. The number of ether oxygens (including phenoxy) is 1. The summed E-state index contributed by atoms with van der Waals surface area (Å²) in [6.45, 7) is 2.34. The van der Waals surface area contributed by atoms with Gasteiger partial charge in [0.1, 0.15) is 0 Å². The molecule has 0 spiro atoms. The van der Waals surface area contributed by atoms with E-state index in [1.165, 1.54) is 18.2 Å². The number of carbonyl (C=O) groups is 2. The Morgan fingerprint density at radius 2 is 2.00 bits per heavy atom. The number of halogens is 2. The maximum absolute atomic E-state index is 13.0. The first-order valence-electron chi connectivity index (χ1n) is 5.06. The first kappa shape index (κ1) is 13.3. The van der Waals surface area contributed by atoms with Crippen LogP contribution < -0.4 is 0 Å². The summed E-state index contributed by atoms with van der Waals surface area (Å²) in [7, 11) is 0. The quantitative estimate of drug-likeness (QED) is 0.463. The van der Waals surface area contributed by atoms with Crippen molar-refractivity contribution in [2.75, 3.05) is 6.61 Å². The molecule has 0 aliphatic rings. The van der Waals surface area contributed by atoms with Crippen molar-refractivity contribution in [3.05, 3.63) is 35.4 Å². The summed E-state index contributed by atoms with van der Waals surface area (Å²) in [5, 5.41) is 0. The number of esters is 1. The largest absolute Gasteiger partial charge is 0.460 e. The molecule has 0 heterocycles. The summed E-state index contributed by atoms with van der Waals surface area (Å²) in [5.41, 5.74) is -0.407. The van der Waals surface area contributed by atoms with Crippen LogP contribution >= 0.6 is 0 Å².